The van der Waals surface area contributed by atoms with Crippen LogP contribution in [0, 0.1) is 5.41 Å². The van der Waals surface area contributed by atoms with Gasteiger partial charge < -0.3 is 10.6 Å². The molecule has 2 N–H and O–H groups in total. The van der Waals surface area contributed by atoms with Crippen molar-refractivity contribution in [2.75, 3.05) is 11.4 Å². The second-order valence-corrected chi connectivity index (χ2v) is 5.89. The van der Waals surface area contributed by atoms with Gasteiger partial charge in [-0.1, -0.05) is 50.2 Å². The summed E-state index contributed by atoms with van der Waals surface area (Å²) in [6.07, 6.45) is 4.64. The highest BCUT2D eigenvalue weighted by atomic mass is 32.1. The van der Waals surface area contributed by atoms with Gasteiger partial charge in [0.25, 0.3) is 0 Å². The topological polar surface area (TPSA) is 46.3 Å². The summed E-state index contributed by atoms with van der Waals surface area (Å²) < 4.78 is 0. The van der Waals surface area contributed by atoms with Crippen LogP contribution in [0.3, 0.4) is 0 Å². The molecule has 1 amide bonds. The lowest BCUT2D eigenvalue weighted by Crippen LogP contribution is -2.54. The Morgan fingerprint density at radius 1 is 1.35 bits per heavy atom. The number of hydrogen-bond donors (Lipinski definition) is 1. The van der Waals surface area contributed by atoms with E-state index in [0.717, 1.165) is 44.3 Å². The van der Waals surface area contributed by atoms with Gasteiger partial charge in [-0.15, -0.1) is 0 Å². The molecule has 0 heterocycles. The van der Waals surface area contributed by atoms with E-state index in [-0.39, 0.29) is 5.91 Å². The number of carbonyl (C=O) groups excluding carboxylic acids is 1. The molecule has 0 saturated heterocycles. The van der Waals surface area contributed by atoms with E-state index in [4.69, 9.17) is 18.0 Å². The normalized spacial score (nSPS) is 16.2. The highest BCUT2D eigenvalue weighted by molar-refractivity contribution is 7.80. The van der Waals surface area contributed by atoms with E-state index >= 15 is 0 Å². The van der Waals surface area contributed by atoms with Crippen LogP contribution in [0.15, 0.2) is 30.3 Å². The fourth-order valence-corrected chi connectivity index (χ4v) is 2.92. The number of nitrogens with zero attached hydrogens (tertiary/aromatic N) is 1. The van der Waals surface area contributed by atoms with E-state index in [1.165, 1.54) is 0 Å². The Hall–Kier alpha value is -1.42. The van der Waals surface area contributed by atoms with E-state index in [0.29, 0.717) is 4.99 Å². The molecule has 0 atom stereocenters. The van der Waals surface area contributed by atoms with E-state index in [2.05, 4.69) is 6.92 Å². The molecular formula is C16H22N2OS. The van der Waals surface area contributed by atoms with Gasteiger partial charge in [0.15, 0.2) is 0 Å². The van der Waals surface area contributed by atoms with Crippen LogP contribution in [0.4, 0.5) is 5.69 Å². The van der Waals surface area contributed by atoms with E-state index in [9.17, 15) is 4.79 Å². The first kappa shape index (κ1) is 15.0. The molecule has 0 aromatic heterocycles. The Kier molecular flexibility index (Phi) is 4.76. The minimum Gasteiger partial charge on any atom is -0.392 e. The van der Waals surface area contributed by atoms with Gasteiger partial charge in [-0.25, -0.2) is 0 Å². The Balaban J connectivity index is 2.27. The van der Waals surface area contributed by atoms with Gasteiger partial charge in [-0.2, -0.15) is 0 Å². The number of amides is 1. The van der Waals surface area contributed by atoms with Crippen LogP contribution < -0.4 is 10.6 Å². The molecule has 4 heteroatoms. The fraction of sp³-hybridized carbons (Fsp3) is 0.500. The van der Waals surface area contributed by atoms with E-state index in [1.54, 1.807) is 0 Å². The number of rotatable bonds is 6. The molecule has 1 aromatic carbocycles. The van der Waals surface area contributed by atoms with Gasteiger partial charge in [0.05, 0.1) is 10.4 Å². The second-order valence-electron chi connectivity index (χ2n) is 5.45. The van der Waals surface area contributed by atoms with Crippen molar-refractivity contribution < 1.29 is 4.79 Å². The van der Waals surface area contributed by atoms with Gasteiger partial charge in [0.1, 0.15) is 0 Å². The minimum atomic E-state index is -0.598. The molecule has 20 heavy (non-hydrogen) atoms. The smallest absolute Gasteiger partial charge is 0.240 e. The standard InChI is InChI=1S/C16H22N2OS/c1-2-3-12-18(13-8-5-4-6-9-13)15(19)16(14(17)20)10-7-11-16/h4-6,8-9H,2-3,7,10-12H2,1H3,(H2,17,20). The lowest BCUT2D eigenvalue weighted by atomic mass is 9.67. The van der Waals surface area contributed by atoms with Gasteiger partial charge >= 0.3 is 0 Å². The minimum absolute atomic E-state index is 0.0795. The Bertz CT molecular complexity index is 483. The Morgan fingerprint density at radius 3 is 2.45 bits per heavy atom. The van der Waals surface area contributed by atoms with Crippen molar-refractivity contribution >= 4 is 28.8 Å². The molecule has 0 aliphatic heterocycles. The summed E-state index contributed by atoms with van der Waals surface area (Å²) in [7, 11) is 0. The molecule has 0 radical (unpaired) electrons. The zero-order valence-electron chi connectivity index (χ0n) is 12.0. The fourth-order valence-electron chi connectivity index (χ4n) is 2.63. The van der Waals surface area contributed by atoms with Crippen molar-refractivity contribution in [3.63, 3.8) is 0 Å². The van der Waals surface area contributed by atoms with Crippen LogP contribution in [0.5, 0.6) is 0 Å². The summed E-state index contributed by atoms with van der Waals surface area (Å²) in [6.45, 7) is 2.85. The molecule has 1 aliphatic rings. The quantitative estimate of drug-likeness (QED) is 0.818. The average Bonchev–Trinajstić information content (AvgIpc) is 2.38. The van der Waals surface area contributed by atoms with Crippen LogP contribution in [0.2, 0.25) is 0 Å². The third-order valence-electron chi connectivity index (χ3n) is 4.14. The number of thiocarbonyl (C=S) groups is 1. The van der Waals surface area contributed by atoms with Crippen LogP contribution in [-0.4, -0.2) is 17.4 Å². The van der Waals surface area contributed by atoms with Gasteiger partial charge in [0.2, 0.25) is 5.91 Å². The Morgan fingerprint density at radius 2 is 2.00 bits per heavy atom. The molecule has 1 fully saturated rings. The zero-order chi connectivity index (χ0) is 14.6. The van der Waals surface area contributed by atoms with Crippen LogP contribution in [-0.2, 0) is 4.79 Å². The maximum atomic E-state index is 13.0. The number of anilines is 1. The van der Waals surface area contributed by atoms with Crippen molar-refractivity contribution in [2.45, 2.75) is 39.0 Å². The summed E-state index contributed by atoms with van der Waals surface area (Å²) in [4.78, 5) is 15.2. The molecule has 3 nitrogen and oxygen atoms in total. The maximum Gasteiger partial charge on any atom is 0.240 e. The van der Waals surface area contributed by atoms with Crippen LogP contribution >= 0.6 is 12.2 Å². The molecule has 0 bridgehead atoms. The molecule has 0 spiro atoms. The van der Waals surface area contributed by atoms with Crippen LogP contribution in [0.1, 0.15) is 39.0 Å². The molecule has 108 valence electrons. The largest absolute Gasteiger partial charge is 0.392 e. The summed E-state index contributed by atoms with van der Waals surface area (Å²) in [5.74, 6) is 0.0795. The first-order valence-electron chi connectivity index (χ1n) is 7.29. The first-order chi connectivity index (χ1) is 9.62. The molecule has 1 aromatic rings. The summed E-state index contributed by atoms with van der Waals surface area (Å²) in [5, 5.41) is 0. The third kappa shape index (κ3) is 2.70. The number of para-hydroxylation sites is 1. The molecule has 2 rings (SSSR count). The van der Waals surface area contributed by atoms with Gasteiger partial charge in [0, 0.05) is 12.2 Å². The predicted molar refractivity (Wildman–Crippen MR) is 86.8 cm³/mol. The van der Waals surface area contributed by atoms with E-state index < -0.39 is 5.41 Å². The summed E-state index contributed by atoms with van der Waals surface area (Å²) >= 11 is 5.17. The molecular weight excluding hydrogens is 268 g/mol. The number of carbonyl (C=O) groups is 1. The number of hydrogen-bond acceptors (Lipinski definition) is 2. The zero-order valence-corrected chi connectivity index (χ0v) is 12.8. The SMILES string of the molecule is CCCCN(C(=O)C1(C(N)=S)CCC1)c1ccccc1. The highest BCUT2D eigenvalue weighted by Gasteiger charge is 2.49. The third-order valence-corrected chi connectivity index (χ3v) is 4.53. The number of benzene rings is 1. The molecule has 1 aliphatic carbocycles. The average molecular weight is 290 g/mol. The van der Waals surface area contributed by atoms with Crippen LogP contribution in [0.25, 0.3) is 0 Å². The number of nitrogens with two attached hydrogens (primary N) is 1. The number of unbranched alkanes of at least 4 members (excludes halogenated alkanes) is 1. The highest BCUT2D eigenvalue weighted by Crippen LogP contribution is 2.43. The first-order valence-corrected chi connectivity index (χ1v) is 7.69. The lowest BCUT2D eigenvalue weighted by Gasteiger charge is -2.42. The predicted octanol–water partition coefficient (Wildman–Crippen LogP) is 3.28. The van der Waals surface area contributed by atoms with Crippen molar-refractivity contribution in [3.05, 3.63) is 30.3 Å². The Labute approximate surface area is 126 Å². The van der Waals surface area contributed by atoms with Gasteiger partial charge in [-0.05, 0) is 31.4 Å². The van der Waals surface area contributed by atoms with Gasteiger partial charge in [-0.3, -0.25) is 4.79 Å². The summed E-state index contributed by atoms with van der Waals surface area (Å²) in [6, 6.07) is 9.81. The lowest BCUT2D eigenvalue weighted by molar-refractivity contribution is -0.128. The summed E-state index contributed by atoms with van der Waals surface area (Å²) in [5.41, 5.74) is 6.20. The molecule has 1 saturated carbocycles. The second kappa shape index (κ2) is 6.35. The maximum absolute atomic E-state index is 13.0. The monoisotopic (exact) mass is 290 g/mol. The van der Waals surface area contributed by atoms with Crippen molar-refractivity contribution in [1.82, 2.24) is 0 Å². The van der Waals surface area contributed by atoms with Crippen molar-refractivity contribution in [1.29, 1.82) is 0 Å². The van der Waals surface area contributed by atoms with Crippen molar-refractivity contribution in [2.24, 2.45) is 11.1 Å². The van der Waals surface area contributed by atoms with E-state index in [1.807, 2.05) is 35.2 Å². The molecule has 0 unspecified atom stereocenters. The van der Waals surface area contributed by atoms with Crippen molar-refractivity contribution in [3.8, 4) is 0 Å².